The lowest BCUT2D eigenvalue weighted by atomic mass is 9.74. The van der Waals surface area contributed by atoms with Gasteiger partial charge in [-0.2, -0.15) is 26.3 Å². The molecule has 26 heavy (non-hydrogen) atoms. The van der Waals surface area contributed by atoms with Gasteiger partial charge in [-0.25, -0.2) is 13.1 Å². The number of alkyl halides is 6. The van der Waals surface area contributed by atoms with Crippen molar-refractivity contribution in [2.75, 3.05) is 0 Å². The fourth-order valence-electron chi connectivity index (χ4n) is 3.14. The standard InChI is InChI=1S/C15H17F6NO3S/c16-14(17,18)13(23,15(19,20)21)10-6-8-11(9-7-10)22-26(24,25)12-4-2-1-3-5-12/h1-5,10-11,22-23H,6-9H2/t10-,11-. The number of hydrogen-bond acceptors (Lipinski definition) is 3. The summed E-state index contributed by atoms with van der Waals surface area (Å²) in [6.07, 6.45) is -13.5. The molecule has 1 aromatic rings. The summed E-state index contributed by atoms with van der Waals surface area (Å²) >= 11 is 0. The minimum absolute atomic E-state index is 0.0517. The highest BCUT2D eigenvalue weighted by molar-refractivity contribution is 7.89. The lowest BCUT2D eigenvalue weighted by Gasteiger charge is -2.41. The van der Waals surface area contributed by atoms with Gasteiger partial charge >= 0.3 is 12.4 Å². The number of halogens is 6. The monoisotopic (exact) mass is 405 g/mol. The summed E-state index contributed by atoms with van der Waals surface area (Å²) in [6, 6.07) is 6.40. The SMILES string of the molecule is O=S(=O)(N[C@H]1CC[C@H](C(O)(C(F)(F)F)C(F)(F)F)CC1)c1ccccc1. The molecule has 1 aliphatic carbocycles. The molecule has 4 nitrogen and oxygen atoms in total. The molecule has 0 aliphatic heterocycles. The maximum atomic E-state index is 12.9. The van der Waals surface area contributed by atoms with Gasteiger partial charge in [-0.1, -0.05) is 18.2 Å². The molecule has 0 aromatic heterocycles. The Hall–Kier alpha value is -1.33. The van der Waals surface area contributed by atoms with Gasteiger partial charge < -0.3 is 5.11 Å². The van der Waals surface area contributed by atoms with E-state index in [1.54, 1.807) is 6.07 Å². The first kappa shape index (κ1) is 21.0. The Bertz CT molecular complexity index is 695. The van der Waals surface area contributed by atoms with E-state index in [4.69, 9.17) is 0 Å². The van der Waals surface area contributed by atoms with E-state index in [0.717, 1.165) is 0 Å². The van der Waals surface area contributed by atoms with Crippen molar-refractivity contribution in [3.8, 4) is 0 Å². The smallest absolute Gasteiger partial charge is 0.373 e. The Balaban J connectivity index is 2.09. The Morgan fingerprint density at radius 1 is 0.885 bits per heavy atom. The second-order valence-corrected chi connectivity index (χ2v) is 7.96. The molecule has 1 aliphatic rings. The number of rotatable bonds is 4. The molecule has 0 saturated heterocycles. The van der Waals surface area contributed by atoms with E-state index in [2.05, 4.69) is 4.72 Å². The molecule has 0 spiro atoms. The third-order valence-electron chi connectivity index (χ3n) is 4.56. The van der Waals surface area contributed by atoms with Gasteiger partial charge in [0.15, 0.2) is 0 Å². The molecule has 0 radical (unpaired) electrons. The summed E-state index contributed by atoms with van der Waals surface area (Å²) in [5.74, 6) is -2.08. The van der Waals surface area contributed by atoms with Crippen molar-refractivity contribution < 1.29 is 39.9 Å². The van der Waals surface area contributed by atoms with Gasteiger partial charge in [-0.05, 0) is 37.8 Å². The van der Waals surface area contributed by atoms with Crippen molar-refractivity contribution in [3.63, 3.8) is 0 Å². The van der Waals surface area contributed by atoms with Crippen LogP contribution in [0.5, 0.6) is 0 Å². The molecule has 2 rings (SSSR count). The van der Waals surface area contributed by atoms with Gasteiger partial charge in [-0.15, -0.1) is 0 Å². The summed E-state index contributed by atoms with van der Waals surface area (Å²) in [7, 11) is -3.93. The van der Waals surface area contributed by atoms with Crippen molar-refractivity contribution >= 4 is 10.0 Å². The van der Waals surface area contributed by atoms with E-state index < -0.39 is 52.8 Å². The molecule has 1 fully saturated rings. The number of hydrogen-bond donors (Lipinski definition) is 2. The van der Waals surface area contributed by atoms with Gasteiger partial charge in [0.1, 0.15) is 0 Å². The van der Waals surface area contributed by atoms with Gasteiger partial charge in [0.2, 0.25) is 10.0 Å². The van der Waals surface area contributed by atoms with Crippen LogP contribution in [0.15, 0.2) is 35.2 Å². The van der Waals surface area contributed by atoms with Crippen LogP contribution in [0.25, 0.3) is 0 Å². The molecule has 0 atom stereocenters. The molecular formula is C15H17F6NO3S. The summed E-state index contributed by atoms with van der Waals surface area (Å²) in [5.41, 5.74) is -4.80. The molecule has 11 heteroatoms. The molecule has 148 valence electrons. The lowest BCUT2D eigenvalue weighted by Crippen LogP contribution is -2.62. The summed E-state index contributed by atoms with van der Waals surface area (Å²) in [4.78, 5) is -0.0517. The lowest BCUT2D eigenvalue weighted by molar-refractivity contribution is -0.387. The Labute approximate surface area is 146 Å². The van der Waals surface area contributed by atoms with Crippen LogP contribution in [-0.4, -0.2) is 37.5 Å². The first-order valence-electron chi connectivity index (χ1n) is 7.72. The van der Waals surface area contributed by atoms with Crippen LogP contribution < -0.4 is 4.72 Å². The summed E-state index contributed by atoms with van der Waals surface area (Å²) in [6.45, 7) is 0. The number of sulfonamides is 1. The minimum Gasteiger partial charge on any atom is -0.373 e. The molecular weight excluding hydrogens is 388 g/mol. The van der Waals surface area contributed by atoms with Crippen LogP contribution in [0.4, 0.5) is 26.3 Å². The second-order valence-electron chi connectivity index (χ2n) is 6.24. The quantitative estimate of drug-likeness (QED) is 0.755. The second kappa shape index (κ2) is 7.01. The van der Waals surface area contributed by atoms with E-state index in [-0.39, 0.29) is 17.7 Å². The van der Waals surface area contributed by atoms with Crippen LogP contribution in [-0.2, 0) is 10.0 Å². The van der Waals surface area contributed by atoms with Crippen molar-refractivity contribution in [1.29, 1.82) is 0 Å². The van der Waals surface area contributed by atoms with Crippen molar-refractivity contribution in [3.05, 3.63) is 30.3 Å². The van der Waals surface area contributed by atoms with Crippen molar-refractivity contribution in [2.45, 2.75) is 54.6 Å². The zero-order chi connectivity index (χ0) is 19.8. The van der Waals surface area contributed by atoms with E-state index in [9.17, 15) is 39.9 Å². The largest absolute Gasteiger partial charge is 0.426 e. The number of benzene rings is 1. The highest BCUT2D eigenvalue weighted by Gasteiger charge is 2.73. The maximum Gasteiger partial charge on any atom is 0.426 e. The van der Waals surface area contributed by atoms with Crippen molar-refractivity contribution in [2.24, 2.45) is 5.92 Å². The van der Waals surface area contributed by atoms with Gasteiger partial charge in [-0.3, -0.25) is 0 Å². The summed E-state index contributed by atoms with van der Waals surface area (Å²) < 4.78 is 104. The van der Waals surface area contributed by atoms with Gasteiger partial charge in [0.05, 0.1) is 4.90 Å². The molecule has 1 aromatic carbocycles. The highest BCUT2D eigenvalue weighted by Crippen LogP contribution is 2.51. The molecule has 0 amide bonds. The van der Waals surface area contributed by atoms with Crippen molar-refractivity contribution in [1.82, 2.24) is 4.72 Å². The third-order valence-corrected chi connectivity index (χ3v) is 6.09. The predicted octanol–water partition coefficient (Wildman–Crippen LogP) is 3.38. The highest BCUT2D eigenvalue weighted by atomic mass is 32.2. The van der Waals surface area contributed by atoms with Crippen LogP contribution in [0, 0.1) is 5.92 Å². The average molecular weight is 405 g/mol. The van der Waals surface area contributed by atoms with E-state index in [0.29, 0.717) is 0 Å². The average Bonchev–Trinajstić information content (AvgIpc) is 2.53. The molecule has 0 heterocycles. The molecule has 1 saturated carbocycles. The van der Waals surface area contributed by atoms with E-state index in [1.807, 2.05) is 0 Å². The third kappa shape index (κ3) is 3.99. The molecule has 0 unspecified atom stereocenters. The minimum atomic E-state index is -5.87. The van der Waals surface area contributed by atoms with Crippen LogP contribution in [0.3, 0.4) is 0 Å². The number of nitrogens with one attached hydrogen (secondary N) is 1. The Morgan fingerprint density at radius 3 is 1.77 bits per heavy atom. The summed E-state index contributed by atoms with van der Waals surface area (Å²) in [5, 5.41) is 9.42. The first-order chi connectivity index (χ1) is 11.8. The Morgan fingerprint density at radius 2 is 1.35 bits per heavy atom. The normalized spacial score (nSPS) is 23.0. The maximum absolute atomic E-state index is 12.9. The number of aliphatic hydroxyl groups is 1. The van der Waals surface area contributed by atoms with Crippen LogP contribution >= 0.6 is 0 Å². The first-order valence-corrected chi connectivity index (χ1v) is 9.20. The molecule has 2 N–H and O–H groups in total. The fraction of sp³-hybridized carbons (Fsp3) is 0.600. The fourth-order valence-corrected chi connectivity index (χ4v) is 4.47. The van der Waals surface area contributed by atoms with E-state index >= 15 is 0 Å². The van der Waals surface area contributed by atoms with E-state index in [1.165, 1.54) is 24.3 Å². The predicted molar refractivity (Wildman–Crippen MR) is 79.6 cm³/mol. The van der Waals surface area contributed by atoms with Crippen LogP contribution in [0.2, 0.25) is 0 Å². The van der Waals surface area contributed by atoms with Gasteiger partial charge in [0.25, 0.3) is 5.60 Å². The zero-order valence-electron chi connectivity index (χ0n) is 13.3. The zero-order valence-corrected chi connectivity index (χ0v) is 14.1. The Kier molecular flexibility index (Phi) is 5.65. The topological polar surface area (TPSA) is 66.4 Å². The van der Waals surface area contributed by atoms with Gasteiger partial charge in [0, 0.05) is 12.0 Å². The van der Waals surface area contributed by atoms with Crippen LogP contribution in [0.1, 0.15) is 25.7 Å². The molecule has 0 bridgehead atoms.